The Hall–Kier alpha value is -2.11. The lowest BCUT2D eigenvalue weighted by atomic mass is 9.87. The third-order valence-corrected chi connectivity index (χ3v) is 2.82. The Morgan fingerprint density at radius 2 is 1.90 bits per heavy atom. The summed E-state index contributed by atoms with van der Waals surface area (Å²) < 4.78 is 13.3. The second kappa shape index (κ2) is 5.90. The molecule has 0 aliphatic carbocycles. The average molecular weight is 282 g/mol. The van der Waals surface area contributed by atoms with E-state index >= 15 is 0 Å². The molecular weight excluding hydrogens is 263 g/mol. The molecule has 0 aliphatic heterocycles. The van der Waals surface area contributed by atoms with Crippen molar-refractivity contribution in [1.29, 1.82) is 0 Å². The van der Waals surface area contributed by atoms with Crippen LogP contribution in [0.25, 0.3) is 0 Å². The fraction of sp³-hybridized carbons (Fsp3) is 0.429. The number of carbonyl (C=O) groups excluding carboxylic acids is 1. The first-order valence-corrected chi connectivity index (χ1v) is 6.17. The van der Waals surface area contributed by atoms with E-state index in [1.54, 1.807) is 33.8 Å². The van der Waals surface area contributed by atoms with E-state index in [1.165, 1.54) is 12.1 Å². The van der Waals surface area contributed by atoms with Gasteiger partial charge in [0, 0.05) is 5.69 Å². The third kappa shape index (κ3) is 4.22. The van der Waals surface area contributed by atoms with Crippen LogP contribution in [0.4, 0.5) is 14.9 Å². The third-order valence-electron chi connectivity index (χ3n) is 2.82. The number of rotatable bonds is 3. The minimum Gasteiger partial charge on any atom is -0.480 e. The number of halogens is 1. The van der Waals surface area contributed by atoms with Gasteiger partial charge in [-0.05, 0) is 30.0 Å². The molecule has 0 saturated carbocycles. The first-order valence-electron chi connectivity index (χ1n) is 6.17. The minimum absolute atomic E-state index is 0.267. The van der Waals surface area contributed by atoms with E-state index in [2.05, 4.69) is 10.6 Å². The maximum atomic E-state index is 13.3. The number of carbonyl (C=O) groups is 2. The Labute approximate surface area is 117 Å². The number of carboxylic acids is 1. The van der Waals surface area contributed by atoms with Crippen molar-refractivity contribution in [2.75, 3.05) is 5.32 Å². The van der Waals surface area contributed by atoms with Gasteiger partial charge in [-0.3, -0.25) is 0 Å². The van der Waals surface area contributed by atoms with Crippen LogP contribution in [-0.4, -0.2) is 23.1 Å². The number of nitrogens with one attached hydrogen (secondary N) is 2. The van der Waals surface area contributed by atoms with Crippen LogP contribution in [0.5, 0.6) is 0 Å². The zero-order chi connectivity index (χ0) is 15.5. The van der Waals surface area contributed by atoms with Crippen LogP contribution in [0, 0.1) is 18.2 Å². The zero-order valence-corrected chi connectivity index (χ0v) is 12.0. The van der Waals surface area contributed by atoms with Crippen LogP contribution in [0.2, 0.25) is 0 Å². The van der Waals surface area contributed by atoms with E-state index < -0.39 is 29.3 Å². The minimum atomic E-state index is -1.12. The normalized spacial score (nSPS) is 12.7. The van der Waals surface area contributed by atoms with Crippen molar-refractivity contribution in [3.63, 3.8) is 0 Å². The van der Waals surface area contributed by atoms with Crippen molar-refractivity contribution in [3.8, 4) is 0 Å². The summed E-state index contributed by atoms with van der Waals surface area (Å²) in [5.41, 5.74) is 0.0968. The molecule has 3 N–H and O–H groups in total. The van der Waals surface area contributed by atoms with Gasteiger partial charge in [-0.1, -0.05) is 26.8 Å². The van der Waals surface area contributed by atoms with Crippen molar-refractivity contribution in [2.45, 2.75) is 33.7 Å². The fourth-order valence-electron chi connectivity index (χ4n) is 1.62. The number of hydrogen-bond acceptors (Lipinski definition) is 2. The molecule has 20 heavy (non-hydrogen) atoms. The first kappa shape index (κ1) is 15.9. The summed E-state index contributed by atoms with van der Waals surface area (Å²) in [6, 6.07) is 2.53. The Morgan fingerprint density at radius 1 is 1.30 bits per heavy atom. The molecule has 6 heteroatoms. The van der Waals surface area contributed by atoms with E-state index in [9.17, 15) is 14.0 Å². The van der Waals surface area contributed by atoms with E-state index in [1.807, 2.05) is 0 Å². The van der Waals surface area contributed by atoms with Gasteiger partial charge in [0.25, 0.3) is 0 Å². The number of carboxylic acid groups (broad SMARTS) is 1. The number of aryl methyl sites for hydroxylation is 1. The SMILES string of the molecule is Cc1ccc(NC(=O)NC(C(=O)O)C(C)(C)C)cc1F. The topological polar surface area (TPSA) is 78.4 Å². The van der Waals surface area contributed by atoms with Gasteiger partial charge in [-0.2, -0.15) is 0 Å². The van der Waals surface area contributed by atoms with Crippen molar-refractivity contribution in [1.82, 2.24) is 5.32 Å². The van der Waals surface area contributed by atoms with E-state index in [4.69, 9.17) is 5.11 Å². The molecule has 0 saturated heterocycles. The highest BCUT2D eigenvalue weighted by Crippen LogP contribution is 2.20. The number of hydrogen-bond donors (Lipinski definition) is 3. The van der Waals surface area contributed by atoms with Gasteiger partial charge in [0.05, 0.1) is 0 Å². The van der Waals surface area contributed by atoms with Crippen LogP contribution >= 0.6 is 0 Å². The lowest BCUT2D eigenvalue weighted by Gasteiger charge is -2.27. The molecule has 5 nitrogen and oxygen atoms in total. The van der Waals surface area contributed by atoms with E-state index in [-0.39, 0.29) is 5.69 Å². The Balaban J connectivity index is 2.76. The predicted molar refractivity (Wildman–Crippen MR) is 74.2 cm³/mol. The van der Waals surface area contributed by atoms with Gasteiger partial charge in [0.1, 0.15) is 11.9 Å². The first-order chi connectivity index (χ1) is 9.11. The van der Waals surface area contributed by atoms with Crippen LogP contribution in [-0.2, 0) is 4.79 Å². The molecular formula is C14H19FN2O3. The average Bonchev–Trinajstić information content (AvgIpc) is 2.29. The molecule has 1 rings (SSSR count). The summed E-state index contributed by atoms with van der Waals surface area (Å²) in [5.74, 6) is -1.56. The fourth-order valence-corrected chi connectivity index (χ4v) is 1.62. The van der Waals surface area contributed by atoms with Gasteiger partial charge < -0.3 is 15.7 Å². The zero-order valence-electron chi connectivity index (χ0n) is 12.0. The van der Waals surface area contributed by atoms with E-state index in [0.29, 0.717) is 5.56 Å². The lowest BCUT2D eigenvalue weighted by Crippen LogP contribution is -2.50. The molecule has 110 valence electrons. The highest BCUT2D eigenvalue weighted by Gasteiger charge is 2.32. The molecule has 0 radical (unpaired) electrons. The lowest BCUT2D eigenvalue weighted by molar-refractivity contribution is -0.141. The summed E-state index contributed by atoms with van der Waals surface area (Å²) in [7, 11) is 0. The van der Waals surface area contributed by atoms with Gasteiger partial charge in [-0.15, -0.1) is 0 Å². The molecule has 0 aromatic heterocycles. The Kier molecular flexibility index (Phi) is 4.70. The number of anilines is 1. The second-order valence-corrected chi connectivity index (χ2v) is 5.70. The largest absolute Gasteiger partial charge is 0.480 e. The van der Waals surface area contributed by atoms with Gasteiger partial charge in [-0.25, -0.2) is 14.0 Å². The summed E-state index contributed by atoms with van der Waals surface area (Å²) in [4.78, 5) is 22.9. The molecule has 0 aliphatic rings. The molecule has 1 aromatic rings. The number of benzene rings is 1. The Morgan fingerprint density at radius 3 is 2.35 bits per heavy atom. The molecule has 0 fully saturated rings. The summed E-state index contributed by atoms with van der Waals surface area (Å²) >= 11 is 0. The number of urea groups is 1. The number of aliphatic carboxylic acids is 1. The maximum absolute atomic E-state index is 13.3. The van der Waals surface area contributed by atoms with Gasteiger partial charge in [0.2, 0.25) is 0 Å². The monoisotopic (exact) mass is 282 g/mol. The molecule has 2 amide bonds. The smallest absolute Gasteiger partial charge is 0.326 e. The van der Waals surface area contributed by atoms with Crippen LogP contribution in [0.15, 0.2) is 18.2 Å². The quantitative estimate of drug-likeness (QED) is 0.797. The highest BCUT2D eigenvalue weighted by molar-refractivity contribution is 5.92. The highest BCUT2D eigenvalue weighted by atomic mass is 19.1. The van der Waals surface area contributed by atoms with Crippen LogP contribution in [0.1, 0.15) is 26.3 Å². The Bertz CT molecular complexity index is 524. The van der Waals surface area contributed by atoms with Crippen LogP contribution in [0.3, 0.4) is 0 Å². The molecule has 1 atom stereocenters. The summed E-state index contributed by atoms with van der Waals surface area (Å²) in [6.07, 6.45) is 0. The molecule has 1 aromatic carbocycles. The van der Waals surface area contributed by atoms with E-state index in [0.717, 1.165) is 0 Å². The standard InChI is InChI=1S/C14H19FN2O3/c1-8-5-6-9(7-10(8)15)16-13(20)17-11(12(18)19)14(2,3)4/h5-7,11H,1-4H3,(H,18,19)(H2,16,17,20). The van der Waals surface area contributed by atoms with Crippen molar-refractivity contribution in [3.05, 3.63) is 29.6 Å². The number of amides is 2. The van der Waals surface area contributed by atoms with Crippen molar-refractivity contribution < 1.29 is 19.1 Å². The van der Waals surface area contributed by atoms with Crippen molar-refractivity contribution >= 4 is 17.7 Å². The van der Waals surface area contributed by atoms with Crippen LogP contribution < -0.4 is 10.6 Å². The molecule has 0 heterocycles. The molecule has 0 bridgehead atoms. The second-order valence-electron chi connectivity index (χ2n) is 5.70. The molecule has 1 unspecified atom stereocenters. The summed E-state index contributed by atoms with van der Waals surface area (Å²) in [6.45, 7) is 6.73. The van der Waals surface area contributed by atoms with Gasteiger partial charge >= 0.3 is 12.0 Å². The summed E-state index contributed by atoms with van der Waals surface area (Å²) in [5, 5.41) is 13.9. The predicted octanol–water partition coefficient (Wildman–Crippen LogP) is 2.75. The van der Waals surface area contributed by atoms with Gasteiger partial charge in [0.15, 0.2) is 0 Å². The maximum Gasteiger partial charge on any atom is 0.326 e. The van der Waals surface area contributed by atoms with Crippen molar-refractivity contribution in [2.24, 2.45) is 5.41 Å². The molecule has 0 spiro atoms.